The molecule has 0 aromatic rings. The van der Waals surface area contributed by atoms with Crippen molar-refractivity contribution in [1.29, 1.82) is 0 Å². The lowest BCUT2D eigenvalue weighted by atomic mass is 10.1. The van der Waals surface area contributed by atoms with E-state index in [1.54, 1.807) is 4.90 Å². The van der Waals surface area contributed by atoms with E-state index >= 15 is 0 Å². The molecule has 0 radical (unpaired) electrons. The van der Waals surface area contributed by atoms with Gasteiger partial charge in [-0.2, -0.15) is 0 Å². The van der Waals surface area contributed by atoms with Crippen LogP contribution in [0, 0.1) is 0 Å². The Bertz CT molecular complexity index is 177. The summed E-state index contributed by atoms with van der Waals surface area (Å²) in [5.41, 5.74) is 5.41. The fraction of sp³-hybridized carbons (Fsp3) is 0.625. The molecule has 3 nitrogen and oxygen atoms in total. The lowest BCUT2D eigenvalue weighted by Crippen LogP contribution is -2.60. The summed E-state index contributed by atoms with van der Waals surface area (Å²) in [6.45, 7) is 3.52. The van der Waals surface area contributed by atoms with Gasteiger partial charge < -0.3 is 10.6 Å². The summed E-state index contributed by atoms with van der Waals surface area (Å²) in [5.74, 6) is 0.0921. The zero-order valence-corrected chi connectivity index (χ0v) is 6.79. The third-order valence-corrected chi connectivity index (χ3v) is 1.85. The number of rotatable bonds is 3. The highest BCUT2D eigenvalue weighted by Crippen LogP contribution is 2.07. The van der Waals surface area contributed by atoms with Crippen LogP contribution in [0.15, 0.2) is 12.2 Å². The molecule has 1 aliphatic rings. The van der Waals surface area contributed by atoms with Crippen molar-refractivity contribution >= 4 is 5.91 Å². The van der Waals surface area contributed by atoms with Crippen molar-refractivity contribution in [3.63, 3.8) is 0 Å². The molecule has 3 heteroatoms. The van der Waals surface area contributed by atoms with Crippen molar-refractivity contribution in [2.24, 2.45) is 5.73 Å². The summed E-state index contributed by atoms with van der Waals surface area (Å²) < 4.78 is 0. The molecule has 1 atom stereocenters. The number of hydrogen-bond donors (Lipinski definition) is 1. The van der Waals surface area contributed by atoms with Crippen molar-refractivity contribution in [3.8, 4) is 0 Å². The molecule has 1 rings (SSSR count). The van der Waals surface area contributed by atoms with E-state index in [9.17, 15) is 4.79 Å². The van der Waals surface area contributed by atoms with E-state index in [4.69, 9.17) is 5.73 Å². The van der Waals surface area contributed by atoms with Gasteiger partial charge in [0.25, 0.3) is 0 Å². The number of nitrogens with zero attached hydrogens (tertiary/aromatic N) is 1. The van der Waals surface area contributed by atoms with E-state index in [1.807, 2.05) is 13.0 Å². The molecule has 1 fully saturated rings. The Kier molecular flexibility index (Phi) is 2.65. The molecule has 0 saturated carbocycles. The van der Waals surface area contributed by atoms with Crippen LogP contribution in [0.2, 0.25) is 0 Å². The van der Waals surface area contributed by atoms with Gasteiger partial charge in [0.2, 0.25) is 5.91 Å². The third-order valence-electron chi connectivity index (χ3n) is 1.85. The number of hydrogen-bond acceptors (Lipinski definition) is 2. The fourth-order valence-corrected chi connectivity index (χ4v) is 1.13. The van der Waals surface area contributed by atoms with E-state index in [-0.39, 0.29) is 11.9 Å². The first kappa shape index (κ1) is 8.27. The van der Waals surface area contributed by atoms with Crippen molar-refractivity contribution in [3.05, 3.63) is 12.2 Å². The summed E-state index contributed by atoms with van der Waals surface area (Å²) in [5, 5.41) is 0. The zero-order valence-electron chi connectivity index (χ0n) is 6.79. The smallest absolute Gasteiger partial charge is 0.241 e. The molecule has 1 heterocycles. The van der Waals surface area contributed by atoms with E-state index in [0.717, 1.165) is 19.5 Å². The molecule has 1 unspecified atom stereocenters. The van der Waals surface area contributed by atoms with E-state index in [2.05, 4.69) is 6.08 Å². The second kappa shape index (κ2) is 3.53. The predicted octanol–water partition coefficient (Wildman–Crippen LogP) is 0.122. The first-order valence-corrected chi connectivity index (χ1v) is 3.91. The second-order valence-electron chi connectivity index (χ2n) is 2.75. The average Bonchev–Trinajstić information content (AvgIpc) is 2.03. The quantitative estimate of drug-likeness (QED) is 0.463. The van der Waals surface area contributed by atoms with Crippen LogP contribution in [-0.2, 0) is 4.79 Å². The molecule has 0 aromatic heterocycles. The largest absolute Gasteiger partial charge is 0.339 e. The van der Waals surface area contributed by atoms with Gasteiger partial charge in [-0.05, 0) is 13.3 Å². The van der Waals surface area contributed by atoms with Gasteiger partial charge in [-0.15, -0.1) is 0 Å². The van der Waals surface area contributed by atoms with Crippen LogP contribution in [0.3, 0.4) is 0 Å². The topological polar surface area (TPSA) is 46.3 Å². The van der Waals surface area contributed by atoms with Gasteiger partial charge in [0.1, 0.15) is 6.04 Å². The van der Waals surface area contributed by atoms with Crippen LogP contribution in [0.5, 0.6) is 0 Å². The van der Waals surface area contributed by atoms with Crippen molar-refractivity contribution < 1.29 is 4.79 Å². The van der Waals surface area contributed by atoms with E-state index in [1.165, 1.54) is 0 Å². The fourth-order valence-electron chi connectivity index (χ4n) is 1.13. The van der Waals surface area contributed by atoms with Crippen LogP contribution in [0.1, 0.15) is 13.3 Å². The Hall–Kier alpha value is -0.830. The maximum Gasteiger partial charge on any atom is 0.241 e. The first-order valence-electron chi connectivity index (χ1n) is 3.91. The molecular weight excluding hydrogens is 140 g/mol. The monoisotopic (exact) mass is 154 g/mol. The van der Waals surface area contributed by atoms with Crippen molar-refractivity contribution in [2.45, 2.75) is 19.4 Å². The Labute approximate surface area is 66.9 Å². The number of β-lactam (4-membered cyclic amide) rings is 1. The normalized spacial score (nSPS) is 24.4. The zero-order chi connectivity index (χ0) is 8.27. The molecule has 0 aliphatic carbocycles. The van der Waals surface area contributed by atoms with Gasteiger partial charge in [-0.1, -0.05) is 12.2 Å². The number of allylic oxidation sites excluding steroid dienone is 1. The Morgan fingerprint density at radius 2 is 2.55 bits per heavy atom. The summed E-state index contributed by atoms with van der Waals surface area (Å²) in [4.78, 5) is 12.7. The van der Waals surface area contributed by atoms with Gasteiger partial charge in [-0.3, -0.25) is 4.79 Å². The summed E-state index contributed by atoms with van der Waals surface area (Å²) in [6, 6.07) is -0.222. The highest BCUT2D eigenvalue weighted by molar-refractivity contribution is 5.87. The minimum atomic E-state index is -0.222. The minimum Gasteiger partial charge on any atom is -0.339 e. The number of likely N-dealkylation sites (tertiary alicyclic amines) is 1. The molecule has 1 saturated heterocycles. The highest BCUT2D eigenvalue weighted by Gasteiger charge is 2.32. The van der Waals surface area contributed by atoms with Crippen LogP contribution in [0.25, 0.3) is 0 Å². The maximum atomic E-state index is 10.9. The standard InChI is InChI=1S/C8H14N2O/c1-2-3-4-5-10-6-7(9)8(10)11/h2-3,7H,4-6,9H2,1H3/b3-2+. The molecule has 11 heavy (non-hydrogen) atoms. The molecule has 1 aliphatic heterocycles. The number of nitrogens with two attached hydrogens (primary N) is 1. The van der Waals surface area contributed by atoms with Gasteiger partial charge in [0, 0.05) is 13.1 Å². The van der Waals surface area contributed by atoms with Crippen molar-refractivity contribution in [1.82, 2.24) is 4.90 Å². The number of carbonyl (C=O) groups excluding carboxylic acids is 1. The SMILES string of the molecule is C/C=C/CCN1CC(N)C1=O. The highest BCUT2D eigenvalue weighted by atomic mass is 16.2. The first-order chi connectivity index (χ1) is 5.25. The van der Waals surface area contributed by atoms with Gasteiger partial charge in [-0.25, -0.2) is 0 Å². The average molecular weight is 154 g/mol. The minimum absolute atomic E-state index is 0.0921. The number of amides is 1. The molecule has 0 aromatic carbocycles. The predicted molar refractivity (Wildman–Crippen MR) is 44.0 cm³/mol. The molecular formula is C8H14N2O. The summed E-state index contributed by atoms with van der Waals surface area (Å²) in [7, 11) is 0. The van der Waals surface area contributed by atoms with Crippen LogP contribution in [0.4, 0.5) is 0 Å². The van der Waals surface area contributed by atoms with Crippen LogP contribution >= 0.6 is 0 Å². The maximum absolute atomic E-state index is 10.9. The Morgan fingerprint density at radius 1 is 1.82 bits per heavy atom. The molecule has 62 valence electrons. The number of carbonyl (C=O) groups is 1. The molecule has 0 bridgehead atoms. The Balaban J connectivity index is 2.15. The van der Waals surface area contributed by atoms with E-state index < -0.39 is 0 Å². The van der Waals surface area contributed by atoms with Crippen LogP contribution < -0.4 is 5.73 Å². The molecule has 1 amide bonds. The summed E-state index contributed by atoms with van der Waals surface area (Å²) >= 11 is 0. The molecule has 0 spiro atoms. The third kappa shape index (κ3) is 1.80. The van der Waals surface area contributed by atoms with E-state index in [0.29, 0.717) is 0 Å². The summed E-state index contributed by atoms with van der Waals surface area (Å²) in [6.07, 6.45) is 4.98. The van der Waals surface area contributed by atoms with Gasteiger partial charge in [0.15, 0.2) is 0 Å². The van der Waals surface area contributed by atoms with Gasteiger partial charge >= 0.3 is 0 Å². The lowest BCUT2D eigenvalue weighted by molar-refractivity contribution is -0.142. The Morgan fingerprint density at radius 3 is 3.00 bits per heavy atom. The lowest BCUT2D eigenvalue weighted by Gasteiger charge is -2.35. The van der Waals surface area contributed by atoms with Crippen molar-refractivity contribution in [2.75, 3.05) is 13.1 Å². The van der Waals surface area contributed by atoms with Gasteiger partial charge in [0.05, 0.1) is 0 Å². The second-order valence-corrected chi connectivity index (χ2v) is 2.75. The van der Waals surface area contributed by atoms with Crippen LogP contribution in [-0.4, -0.2) is 29.9 Å². The molecule has 2 N–H and O–H groups in total.